The number of hydrogen-bond acceptors (Lipinski definition) is 10. The lowest BCUT2D eigenvalue weighted by molar-refractivity contribution is -0.179. The molecule has 77 heavy (non-hydrogen) atoms. The van der Waals surface area contributed by atoms with Crippen molar-refractivity contribution in [1.29, 1.82) is 0 Å². The van der Waals surface area contributed by atoms with Gasteiger partial charge in [0.15, 0.2) is 11.6 Å². The Kier molecular flexibility index (Phi) is 17.8. The smallest absolute Gasteiger partial charge is 0.190 e. The van der Waals surface area contributed by atoms with Crippen LogP contribution in [-0.2, 0) is 33.2 Å². The SMILES string of the molecule is C[C@H]1C[C@H]2[C@@H]3CCC4=CC(=O)C=C[C@]4(C)[C@@]3(Cl)[C@@H](O)C[C@]2(C)[C@@]1(O)C(=O)CO.Clc1ccc(CO/N=C(\Cn2ccnc2)c2ccc(Cl)cc2Cl)c(Cl)c1.OC(CCN1CCCCC1)(c1ccccc1)C1CC2C=CC1C2. The molecule has 4 saturated carbocycles. The van der Waals surface area contributed by atoms with Crippen LogP contribution in [0.15, 0.2) is 127 Å². The van der Waals surface area contributed by atoms with E-state index < -0.39 is 45.4 Å². The van der Waals surface area contributed by atoms with Gasteiger partial charge in [-0.25, -0.2) is 4.98 Å². The van der Waals surface area contributed by atoms with Crippen molar-refractivity contribution in [3.63, 3.8) is 0 Å². The number of Topliss-reactive ketones (excluding diaryl/α,β-unsaturated/α-hetero) is 1. The number of piperidine rings is 1. The van der Waals surface area contributed by atoms with E-state index in [0.29, 0.717) is 69.4 Å². The zero-order chi connectivity index (χ0) is 54.9. The van der Waals surface area contributed by atoms with Crippen LogP contribution < -0.4 is 0 Å². The summed E-state index contributed by atoms with van der Waals surface area (Å²) < 4.78 is 1.86. The molecule has 4 N–H and O–H groups in total. The molecule has 1 aromatic heterocycles. The Morgan fingerprint density at radius 2 is 1.66 bits per heavy atom. The fraction of sp³-hybridized carbons (Fsp3) is 0.508. The van der Waals surface area contributed by atoms with Crippen molar-refractivity contribution in [1.82, 2.24) is 14.5 Å². The zero-order valence-electron chi connectivity index (χ0n) is 44.0. The number of oxime groups is 1. The summed E-state index contributed by atoms with van der Waals surface area (Å²) >= 11 is 31.7. The third-order valence-corrected chi connectivity index (χ3v) is 20.8. The first-order chi connectivity index (χ1) is 36.7. The van der Waals surface area contributed by atoms with Crippen LogP contribution in [-0.4, -0.2) is 95.0 Å². The van der Waals surface area contributed by atoms with Gasteiger partial charge in [0.1, 0.15) is 24.5 Å². The molecule has 3 aromatic carbocycles. The van der Waals surface area contributed by atoms with E-state index in [0.717, 1.165) is 41.6 Å². The van der Waals surface area contributed by atoms with Crippen molar-refractivity contribution in [3.05, 3.63) is 158 Å². The number of carbonyl (C=O) groups is 2. The summed E-state index contributed by atoms with van der Waals surface area (Å²) in [5.41, 5.74) is 0.358. The molecule has 7 aliphatic rings. The molecule has 0 spiro atoms. The lowest BCUT2D eigenvalue weighted by atomic mass is 9.45. The highest BCUT2D eigenvalue weighted by atomic mass is 35.5. The Bertz CT molecular complexity index is 2890. The summed E-state index contributed by atoms with van der Waals surface area (Å²) in [5, 5.41) is 50.5. The van der Waals surface area contributed by atoms with Gasteiger partial charge in [-0.15, -0.1) is 11.6 Å². The molecular formula is C61H71Cl5N4O7. The zero-order valence-corrected chi connectivity index (χ0v) is 47.8. The monoisotopic (exact) mass is 1150 g/mol. The first-order valence-electron chi connectivity index (χ1n) is 27.2. The molecule has 16 heteroatoms. The number of aliphatic hydroxyl groups excluding tert-OH is 2. The third-order valence-electron chi connectivity index (χ3n) is 18.8. The number of alkyl halides is 1. The second-order valence-electron chi connectivity index (χ2n) is 23.0. The van der Waals surface area contributed by atoms with Crippen molar-refractivity contribution < 1.29 is 34.9 Å². The highest BCUT2D eigenvalue weighted by molar-refractivity contribution is 6.37. The Morgan fingerprint density at radius 3 is 2.31 bits per heavy atom. The molecule has 2 heterocycles. The van der Waals surface area contributed by atoms with Crippen LogP contribution in [0.4, 0.5) is 0 Å². The molecule has 11 nitrogen and oxygen atoms in total. The molecule has 412 valence electrons. The number of fused-ring (bicyclic) bond motifs is 7. The third kappa shape index (κ3) is 11.2. The molecule has 5 fully saturated rings. The number of likely N-dealkylation sites (tertiary alicyclic amines) is 1. The maximum Gasteiger partial charge on any atom is 0.190 e. The second kappa shape index (κ2) is 23.7. The molecule has 4 aromatic rings. The molecule has 4 unspecified atom stereocenters. The largest absolute Gasteiger partial charge is 0.391 e. The lowest BCUT2D eigenvalue weighted by Crippen LogP contribution is -2.69. The topological polar surface area (TPSA) is 158 Å². The number of halogens is 5. The summed E-state index contributed by atoms with van der Waals surface area (Å²) in [6.45, 7) is 9.06. The number of aromatic nitrogens is 2. The predicted molar refractivity (Wildman–Crippen MR) is 305 cm³/mol. The first-order valence-corrected chi connectivity index (χ1v) is 29.0. The summed E-state index contributed by atoms with van der Waals surface area (Å²) in [6, 6.07) is 20.9. The summed E-state index contributed by atoms with van der Waals surface area (Å²) in [7, 11) is 0. The molecule has 11 rings (SSSR count). The molecule has 6 aliphatic carbocycles. The normalized spacial score (nSPS) is 32.9. The molecule has 0 radical (unpaired) electrons. The summed E-state index contributed by atoms with van der Waals surface area (Å²) in [6.07, 6.45) is 23.5. The number of allylic oxidation sites excluding steroid dienone is 6. The minimum atomic E-state index is -1.68. The van der Waals surface area contributed by atoms with E-state index in [2.05, 4.69) is 57.5 Å². The van der Waals surface area contributed by atoms with Crippen LogP contribution in [0, 0.1) is 46.3 Å². The van der Waals surface area contributed by atoms with E-state index in [1.165, 1.54) is 44.8 Å². The Balaban J connectivity index is 0.000000141. The quantitative estimate of drug-likeness (QED) is 0.0443. The number of carbonyl (C=O) groups excluding carboxylic acids is 2. The van der Waals surface area contributed by atoms with Gasteiger partial charge in [-0.1, -0.05) is 139 Å². The summed E-state index contributed by atoms with van der Waals surface area (Å²) in [5.74, 6) is 0.524. The van der Waals surface area contributed by atoms with Gasteiger partial charge in [-0.2, -0.15) is 0 Å². The maximum absolute atomic E-state index is 12.6. The number of ketones is 2. The average Bonchev–Trinajstić information content (AvgIpc) is 4.25. The van der Waals surface area contributed by atoms with Crippen LogP contribution >= 0.6 is 58.0 Å². The molecular weight excluding hydrogens is 1080 g/mol. The number of nitrogens with zero attached hydrogens (tertiary/aromatic N) is 4. The van der Waals surface area contributed by atoms with Gasteiger partial charge in [0, 0.05) is 56.0 Å². The van der Waals surface area contributed by atoms with Crippen LogP contribution in [0.3, 0.4) is 0 Å². The minimum absolute atomic E-state index is 0.0567. The van der Waals surface area contributed by atoms with Gasteiger partial charge < -0.3 is 34.7 Å². The van der Waals surface area contributed by atoms with Crippen LogP contribution in [0.2, 0.25) is 20.1 Å². The van der Waals surface area contributed by atoms with Crippen molar-refractivity contribution >= 4 is 75.3 Å². The van der Waals surface area contributed by atoms with Crippen molar-refractivity contribution in [3.8, 4) is 0 Å². The van der Waals surface area contributed by atoms with E-state index in [1.807, 2.05) is 37.6 Å². The van der Waals surface area contributed by atoms with E-state index >= 15 is 0 Å². The number of rotatable bonds is 13. The second-order valence-corrected chi connectivity index (χ2v) is 25.3. The average molecular weight is 1150 g/mol. The number of imidazole rings is 1. The van der Waals surface area contributed by atoms with Gasteiger partial charge in [-0.3, -0.25) is 9.59 Å². The summed E-state index contributed by atoms with van der Waals surface area (Å²) in [4.78, 5) is 35.6. The predicted octanol–water partition coefficient (Wildman–Crippen LogP) is 12.2. The van der Waals surface area contributed by atoms with Crippen LogP contribution in [0.25, 0.3) is 0 Å². The van der Waals surface area contributed by atoms with Crippen molar-refractivity contribution in [2.45, 2.75) is 120 Å². The van der Waals surface area contributed by atoms with Gasteiger partial charge >= 0.3 is 0 Å². The highest BCUT2D eigenvalue weighted by Crippen LogP contribution is 2.71. The van der Waals surface area contributed by atoms with Gasteiger partial charge in [-0.05, 0) is 154 Å². The maximum atomic E-state index is 12.6. The fourth-order valence-corrected chi connectivity index (χ4v) is 16.1. The van der Waals surface area contributed by atoms with Gasteiger partial charge in [0.2, 0.25) is 0 Å². The molecule has 1 aliphatic heterocycles. The first kappa shape index (κ1) is 57.8. The molecule has 12 atom stereocenters. The van der Waals surface area contributed by atoms with Crippen LogP contribution in [0.1, 0.15) is 102 Å². The van der Waals surface area contributed by atoms with Crippen molar-refractivity contribution in [2.24, 2.45) is 51.5 Å². The molecule has 1 saturated heterocycles. The van der Waals surface area contributed by atoms with Gasteiger partial charge in [0.05, 0.1) is 34.5 Å². The lowest BCUT2D eigenvalue weighted by Gasteiger charge is -2.63. The highest BCUT2D eigenvalue weighted by Gasteiger charge is 2.74. The van der Waals surface area contributed by atoms with E-state index in [4.69, 9.17) is 62.8 Å². The minimum Gasteiger partial charge on any atom is -0.391 e. The standard InChI is InChI=1S/C22H29ClO5.C21H29NO.C18H13Cl4N3O/c1-12-8-16-15-5-4-13-9-14(25)6-7-19(13,2)21(15,23)17(26)10-20(16,3)22(12,28)18(27)11-24;23-21(19-7-3-1-4-8-19,11-14-22-12-5-2-6-13-22)20-16-17-9-10-18(20)15-17;19-13-2-1-12(16(21)7-13)10-26-24-18(9-25-6-5-23-11-25)15-4-3-14(20)8-17(15)22/h6-7,9,12,15-17,24,26,28H,4-5,8,10-11H2,1-3H3;1,3-4,7-10,17-18,20,23H,2,5-6,11-16H2;1-8,11H,9-10H2/b;;24-18+/t12-,15-,16-,17-,19-,20-,21-,22-;;/m0../s1. The van der Waals surface area contributed by atoms with E-state index in [1.54, 1.807) is 55.0 Å². The van der Waals surface area contributed by atoms with E-state index in [9.17, 15) is 30.0 Å². The Hall–Kier alpha value is -3.85. The molecule has 0 amide bonds. The van der Waals surface area contributed by atoms with E-state index in [-0.39, 0.29) is 36.6 Å². The Labute approximate surface area is 477 Å². The number of hydrogen-bond donors (Lipinski definition) is 4. The van der Waals surface area contributed by atoms with Crippen LogP contribution in [0.5, 0.6) is 0 Å². The number of aliphatic hydroxyl groups is 4. The van der Waals surface area contributed by atoms with Crippen molar-refractivity contribution in [2.75, 3.05) is 26.2 Å². The fourth-order valence-electron chi connectivity index (χ4n) is 14.6. The Morgan fingerprint density at radius 1 is 0.935 bits per heavy atom. The molecule has 2 bridgehead atoms. The van der Waals surface area contributed by atoms with Gasteiger partial charge in [0.25, 0.3) is 0 Å². The number of benzene rings is 3.